The number of aromatic nitrogens is 2. The van der Waals surface area contributed by atoms with Crippen LogP contribution in [0.1, 0.15) is 36.7 Å². The third-order valence-corrected chi connectivity index (χ3v) is 3.62. The van der Waals surface area contributed by atoms with E-state index in [-0.39, 0.29) is 6.04 Å². The summed E-state index contributed by atoms with van der Waals surface area (Å²) in [4.78, 5) is 4.17. The number of benzene rings is 1. The summed E-state index contributed by atoms with van der Waals surface area (Å²) in [5.41, 5.74) is 1.06. The summed E-state index contributed by atoms with van der Waals surface area (Å²) in [7, 11) is 0. The summed E-state index contributed by atoms with van der Waals surface area (Å²) in [5, 5.41) is 8.66. The Morgan fingerprint density at radius 3 is 2.75 bits per heavy atom. The van der Waals surface area contributed by atoms with Crippen LogP contribution in [0.5, 0.6) is 0 Å². The van der Waals surface area contributed by atoms with Crippen molar-refractivity contribution in [3.63, 3.8) is 0 Å². The molecule has 2 rings (SSSR count). The summed E-state index contributed by atoms with van der Waals surface area (Å²) < 4.78 is 4.94. The molecule has 2 aromatic rings. The third kappa shape index (κ3) is 3.95. The van der Waals surface area contributed by atoms with Gasteiger partial charge in [-0.2, -0.15) is 4.98 Å². The van der Waals surface area contributed by atoms with Gasteiger partial charge in [0.1, 0.15) is 0 Å². The molecule has 0 aliphatic carbocycles. The molecule has 0 saturated carbocycles. The van der Waals surface area contributed by atoms with Gasteiger partial charge in [-0.3, -0.25) is 0 Å². The molecule has 20 heavy (non-hydrogen) atoms. The molecule has 1 N–H and O–H groups in total. The predicted octanol–water partition coefficient (Wildman–Crippen LogP) is 3.97. The summed E-state index contributed by atoms with van der Waals surface area (Å²) in [6, 6.07) is 5.78. The minimum absolute atomic E-state index is 0.188. The van der Waals surface area contributed by atoms with Gasteiger partial charge in [0.25, 0.3) is 0 Å². The van der Waals surface area contributed by atoms with Crippen LogP contribution in [0.4, 0.5) is 0 Å². The minimum atomic E-state index is 0.188. The predicted molar refractivity (Wildman–Crippen MR) is 80.2 cm³/mol. The molecular weight excluding hydrogens is 297 g/mol. The number of nitrogens with one attached hydrogen (secondary N) is 1. The molecule has 0 spiro atoms. The Morgan fingerprint density at radius 1 is 1.35 bits per heavy atom. The highest BCUT2D eigenvalue weighted by molar-refractivity contribution is 6.35. The molecule has 0 radical (unpaired) electrons. The van der Waals surface area contributed by atoms with E-state index < -0.39 is 0 Å². The van der Waals surface area contributed by atoms with E-state index in [0.29, 0.717) is 21.8 Å². The van der Waals surface area contributed by atoms with Gasteiger partial charge in [-0.15, -0.1) is 0 Å². The topological polar surface area (TPSA) is 51.0 Å². The van der Waals surface area contributed by atoms with Gasteiger partial charge in [-0.25, -0.2) is 0 Å². The van der Waals surface area contributed by atoms with Crippen LogP contribution < -0.4 is 5.32 Å². The van der Waals surface area contributed by atoms with Crippen molar-refractivity contribution in [1.29, 1.82) is 0 Å². The van der Waals surface area contributed by atoms with Crippen molar-refractivity contribution in [3.05, 3.63) is 45.5 Å². The number of nitrogens with zero attached hydrogens (tertiary/aromatic N) is 2. The molecule has 1 unspecified atom stereocenters. The zero-order valence-electron chi connectivity index (χ0n) is 11.5. The van der Waals surface area contributed by atoms with Crippen LogP contribution in [-0.2, 0) is 6.42 Å². The second-order valence-electron chi connectivity index (χ2n) is 4.56. The summed E-state index contributed by atoms with van der Waals surface area (Å²) >= 11 is 12.2. The SMILES string of the molecule is CCC(NCCc1noc(C)n1)c1ccc(Cl)cc1Cl. The lowest BCUT2D eigenvalue weighted by molar-refractivity contribution is 0.386. The van der Waals surface area contributed by atoms with Crippen LogP contribution in [0, 0.1) is 6.92 Å². The Balaban J connectivity index is 1.95. The van der Waals surface area contributed by atoms with Crippen LogP contribution >= 0.6 is 23.2 Å². The third-order valence-electron chi connectivity index (χ3n) is 3.06. The Labute approximate surface area is 128 Å². The van der Waals surface area contributed by atoms with Crippen molar-refractivity contribution < 1.29 is 4.52 Å². The van der Waals surface area contributed by atoms with Gasteiger partial charge in [0.2, 0.25) is 5.89 Å². The monoisotopic (exact) mass is 313 g/mol. The molecule has 1 aromatic heterocycles. The highest BCUT2D eigenvalue weighted by Crippen LogP contribution is 2.27. The van der Waals surface area contributed by atoms with E-state index in [1.165, 1.54) is 0 Å². The number of rotatable bonds is 6. The molecule has 0 aliphatic heterocycles. The molecule has 1 heterocycles. The molecular formula is C14H17Cl2N3O. The zero-order chi connectivity index (χ0) is 14.5. The normalized spacial score (nSPS) is 12.6. The number of hydrogen-bond donors (Lipinski definition) is 1. The minimum Gasteiger partial charge on any atom is -0.340 e. The zero-order valence-corrected chi connectivity index (χ0v) is 13.0. The Kier molecular flexibility index (Phi) is 5.40. The van der Waals surface area contributed by atoms with Crippen LogP contribution in [-0.4, -0.2) is 16.7 Å². The van der Waals surface area contributed by atoms with E-state index >= 15 is 0 Å². The number of hydrogen-bond acceptors (Lipinski definition) is 4. The first-order valence-corrected chi connectivity index (χ1v) is 7.33. The molecule has 0 bridgehead atoms. The first-order chi connectivity index (χ1) is 9.60. The standard InChI is InChI=1S/C14H17Cl2N3O/c1-3-13(11-5-4-10(15)8-12(11)16)17-7-6-14-18-9(2)20-19-14/h4-5,8,13,17H,3,6-7H2,1-2H3. The first kappa shape index (κ1) is 15.3. The summed E-state index contributed by atoms with van der Waals surface area (Å²) in [6.45, 7) is 4.66. The second kappa shape index (κ2) is 7.07. The maximum Gasteiger partial charge on any atom is 0.223 e. The lowest BCUT2D eigenvalue weighted by Crippen LogP contribution is -2.23. The largest absolute Gasteiger partial charge is 0.340 e. The van der Waals surface area contributed by atoms with E-state index in [1.54, 1.807) is 13.0 Å². The van der Waals surface area contributed by atoms with Crippen LogP contribution in [0.3, 0.4) is 0 Å². The highest BCUT2D eigenvalue weighted by atomic mass is 35.5. The van der Waals surface area contributed by atoms with Gasteiger partial charge in [-0.05, 0) is 24.1 Å². The number of aryl methyl sites for hydroxylation is 1. The van der Waals surface area contributed by atoms with Gasteiger partial charge < -0.3 is 9.84 Å². The molecule has 0 aliphatic rings. The fourth-order valence-electron chi connectivity index (χ4n) is 2.06. The quantitative estimate of drug-likeness (QED) is 0.876. The molecule has 0 saturated heterocycles. The summed E-state index contributed by atoms with van der Waals surface area (Å²) in [5.74, 6) is 1.31. The average Bonchev–Trinajstić information content (AvgIpc) is 2.81. The maximum absolute atomic E-state index is 6.24. The Bertz CT molecular complexity index is 571. The molecule has 1 aromatic carbocycles. The molecule has 108 valence electrons. The average molecular weight is 314 g/mol. The Hall–Kier alpha value is -1.10. The smallest absolute Gasteiger partial charge is 0.223 e. The lowest BCUT2D eigenvalue weighted by atomic mass is 10.0. The van der Waals surface area contributed by atoms with Crippen molar-refractivity contribution in [2.24, 2.45) is 0 Å². The van der Waals surface area contributed by atoms with Crippen molar-refractivity contribution >= 4 is 23.2 Å². The Morgan fingerprint density at radius 2 is 2.15 bits per heavy atom. The first-order valence-electron chi connectivity index (χ1n) is 6.57. The molecule has 6 heteroatoms. The summed E-state index contributed by atoms with van der Waals surface area (Å²) in [6.07, 6.45) is 1.66. The maximum atomic E-state index is 6.24. The molecule has 1 atom stereocenters. The van der Waals surface area contributed by atoms with Crippen LogP contribution in [0.15, 0.2) is 22.7 Å². The van der Waals surface area contributed by atoms with E-state index in [4.69, 9.17) is 27.7 Å². The fourth-order valence-corrected chi connectivity index (χ4v) is 2.60. The van der Waals surface area contributed by atoms with Gasteiger partial charge >= 0.3 is 0 Å². The molecule has 0 fully saturated rings. The second-order valence-corrected chi connectivity index (χ2v) is 5.40. The molecule has 0 amide bonds. The van der Waals surface area contributed by atoms with E-state index in [9.17, 15) is 0 Å². The van der Waals surface area contributed by atoms with Gasteiger partial charge in [0, 0.05) is 36.0 Å². The lowest BCUT2D eigenvalue weighted by Gasteiger charge is -2.18. The highest BCUT2D eigenvalue weighted by Gasteiger charge is 2.13. The van der Waals surface area contributed by atoms with Crippen molar-refractivity contribution in [3.8, 4) is 0 Å². The van der Waals surface area contributed by atoms with Gasteiger partial charge in [-0.1, -0.05) is 41.3 Å². The van der Waals surface area contributed by atoms with Gasteiger partial charge in [0.05, 0.1) is 0 Å². The van der Waals surface area contributed by atoms with E-state index in [2.05, 4.69) is 22.4 Å². The van der Waals surface area contributed by atoms with E-state index in [1.807, 2.05) is 12.1 Å². The van der Waals surface area contributed by atoms with E-state index in [0.717, 1.165) is 24.9 Å². The van der Waals surface area contributed by atoms with Crippen molar-refractivity contribution in [2.75, 3.05) is 6.54 Å². The van der Waals surface area contributed by atoms with Gasteiger partial charge in [0.15, 0.2) is 5.82 Å². The van der Waals surface area contributed by atoms with Crippen molar-refractivity contribution in [2.45, 2.75) is 32.7 Å². The number of halogens is 2. The fraction of sp³-hybridized carbons (Fsp3) is 0.429. The van der Waals surface area contributed by atoms with Crippen molar-refractivity contribution in [1.82, 2.24) is 15.5 Å². The molecule has 4 nitrogen and oxygen atoms in total. The van der Waals surface area contributed by atoms with Crippen LogP contribution in [0.2, 0.25) is 10.0 Å². The van der Waals surface area contributed by atoms with Crippen LogP contribution in [0.25, 0.3) is 0 Å².